The van der Waals surface area contributed by atoms with Gasteiger partial charge in [-0.1, -0.05) is 28.1 Å². The van der Waals surface area contributed by atoms with Crippen LogP contribution >= 0.6 is 15.9 Å². The fourth-order valence-corrected chi connectivity index (χ4v) is 1.69. The van der Waals surface area contributed by atoms with Gasteiger partial charge in [-0.3, -0.25) is 0 Å². The highest BCUT2D eigenvalue weighted by Crippen LogP contribution is 2.26. The summed E-state index contributed by atoms with van der Waals surface area (Å²) in [4.78, 5) is 2.95. The van der Waals surface area contributed by atoms with Gasteiger partial charge in [-0.25, -0.2) is 0 Å². The van der Waals surface area contributed by atoms with E-state index in [1.165, 1.54) is 0 Å². The Morgan fingerprint density at radius 3 is 2.69 bits per heavy atom. The van der Waals surface area contributed by atoms with Crippen molar-refractivity contribution < 1.29 is 0 Å². The molecule has 0 fully saturated rings. The predicted octanol–water partition coefficient (Wildman–Crippen LogP) is 3.03. The SMILES string of the molecule is Nc1[nH]ccc1-c1cccc(Br)c1. The molecular formula is C10H9BrN2. The second-order valence-corrected chi connectivity index (χ2v) is 3.73. The van der Waals surface area contributed by atoms with Gasteiger partial charge in [-0.05, 0) is 23.8 Å². The van der Waals surface area contributed by atoms with Crippen LogP contribution in [0.5, 0.6) is 0 Å². The van der Waals surface area contributed by atoms with Crippen LogP contribution in [0.25, 0.3) is 11.1 Å². The number of anilines is 1. The molecule has 13 heavy (non-hydrogen) atoms. The molecule has 0 saturated carbocycles. The number of hydrogen-bond donors (Lipinski definition) is 2. The number of aromatic nitrogens is 1. The molecule has 3 N–H and O–H groups in total. The summed E-state index contributed by atoms with van der Waals surface area (Å²) in [5.41, 5.74) is 7.91. The molecule has 0 atom stereocenters. The maximum absolute atomic E-state index is 5.75. The summed E-state index contributed by atoms with van der Waals surface area (Å²) in [5.74, 6) is 0.707. The van der Waals surface area contributed by atoms with E-state index in [9.17, 15) is 0 Å². The van der Waals surface area contributed by atoms with Crippen molar-refractivity contribution in [3.63, 3.8) is 0 Å². The van der Waals surface area contributed by atoms with E-state index in [0.29, 0.717) is 5.82 Å². The van der Waals surface area contributed by atoms with Crippen molar-refractivity contribution in [2.75, 3.05) is 5.73 Å². The van der Waals surface area contributed by atoms with Gasteiger partial charge in [0.15, 0.2) is 0 Å². The predicted molar refractivity (Wildman–Crippen MR) is 58.3 cm³/mol. The van der Waals surface area contributed by atoms with Crippen molar-refractivity contribution in [1.29, 1.82) is 0 Å². The molecule has 0 aliphatic heterocycles. The smallest absolute Gasteiger partial charge is 0.108 e. The molecule has 0 unspecified atom stereocenters. The standard InChI is InChI=1S/C10H9BrN2/c11-8-3-1-2-7(6-8)9-4-5-13-10(9)12/h1-6,13H,12H2. The molecule has 0 radical (unpaired) electrons. The van der Waals surface area contributed by atoms with Crippen molar-refractivity contribution in [1.82, 2.24) is 4.98 Å². The number of rotatable bonds is 1. The van der Waals surface area contributed by atoms with Crippen LogP contribution in [0.1, 0.15) is 0 Å². The third-order valence-corrected chi connectivity index (χ3v) is 2.41. The first-order valence-corrected chi connectivity index (χ1v) is 4.75. The highest BCUT2D eigenvalue weighted by molar-refractivity contribution is 9.10. The Morgan fingerprint density at radius 2 is 2.08 bits per heavy atom. The van der Waals surface area contributed by atoms with Gasteiger partial charge in [0.05, 0.1) is 0 Å². The van der Waals surface area contributed by atoms with E-state index in [0.717, 1.165) is 15.6 Å². The first-order chi connectivity index (χ1) is 6.27. The quantitative estimate of drug-likeness (QED) is 0.786. The zero-order valence-corrected chi connectivity index (χ0v) is 8.51. The summed E-state index contributed by atoms with van der Waals surface area (Å²) in [6.07, 6.45) is 1.84. The Kier molecular flexibility index (Phi) is 2.10. The van der Waals surface area contributed by atoms with Crippen molar-refractivity contribution in [3.05, 3.63) is 41.0 Å². The largest absolute Gasteiger partial charge is 0.385 e. The van der Waals surface area contributed by atoms with E-state index in [-0.39, 0.29) is 0 Å². The number of halogens is 1. The Labute approximate surface area is 84.9 Å². The van der Waals surface area contributed by atoms with E-state index < -0.39 is 0 Å². The first kappa shape index (κ1) is 8.38. The Hall–Kier alpha value is -1.22. The lowest BCUT2D eigenvalue weighted by molar-refractivity contribution is 1.41. The minimum absolute atomic E-state index is 0.707. The lowest BCUT2D eigenvalue weighted by Crippen LogP contribution is -1.86. The molecule has 0 aliphatic rings. The van der Waals surface area contributed by atoms with Gasteiger partial charge in [0, 0.05) is 16.2 Å². The van der Waals surface area contributed by atoms with Crippen LogP contribution in [0, 0.1) is 0 Å². The van der Waals surface area contributed by atoms with Crippen molar-refractivity contribution in [2.45, 2.75) is 0 Å². The van der Waals surface area contributed by atoms with E-state index >= 15 is 0 Å². The second kappa shape index (κ2) is 3.26. The van der Waals surface area contributed by atoms with Gasteiger partial charge in [0.2, 0.25) is 0 Å². The normalized spacial score (nSPS) is 10.2. The summed E-state index contributed by atoms with van der Waals surface area (Å²) in [6.45, 7) is 0. The molecule has 2 aromatic rings. The Bertz CT molecular complexity index is 420. The van der Waals surface area contributed by atoms with Gasteiger partial charge in [-0.2, -0.15) is 0 Å². The van der Waals surface area contributed by atoms with Gasteiger partial charge in [0.1, 0.15) is 5.82 Å². The number of H-pyrrole nitrogens is 1. The summed E-state index contributed by atoms with van der Waals surface area (Å²) in [6, 6.07) is 10.0. The van der Waals surface area contributed by atoms with E-state index in [1.807, 2.05) is 36.5 Å². The highest BCUT2D eigenvalue weighted by Gasteiger charge is 2.02. The lowest BCUT2D eigenvalue weighted by Gasteiger charge is -1.99. The molecule has 0 bridgehead atoms. The topological polar surface area (TPSA) is 41.8 Å². The number of aromatic amines is 1. The Morgan fingerprint density at radius 1 is 1.23 bits per heavy atom. The molecule has 0 saturated heterocycles. The number of nitrogens with two attached hydrogens (primary N) is 1. The van der Waals surface area contributed by atoms with Crippen molar-refractivity contribution in [3.8, 4) is 11.1 Å². The summed E-state index contributed by atoms with van der Waals surface area (Å²) < 4.78 is 1.06. The molecule has 66 valence electrons. The number of benzene rings is 1. The average Bonchev–Trinajstić information content (AvgIpc) is 2.51. The van der Waals surface area contributed by atoms with Crippen LogP contribution < -0.4 is 5.73 Å². The molecule has 1 aromatic carbocycles. The molecule has 2 rings (SSSR count). The first-order valence-electron chi connectivity index (χ1n) is 3.96. The third kappa shape index (κ3) is 1.60. The lowest BCUT2D eigenvalue weighted by atomic mass is 10.1. The number of nitrogens with one attached hydrogen (secondary N) is 1. The van der Waals surface area contributed by atoms with Gasteiger partial charge in [0.25, 0.3) is 0 Å². The monoisotopic (exact) mass is 236 g/mol. The summed E-state index contributed by atoms with van der Waals surface area (Å²) in [5, 5.41) is 0. The van der Waals surface area contributed by atoms with Crippen LogP contribution in [0.2, 0.25) is 0 Å². The van der Waals surface area contributed by atoms with Crippen LogP contribution in [-0.4, -0.2) is 4.98 Å². The molecule has 0 aliphatic carbocycles. The maximum atomic E-state index is 5.75. The fraction of sp³-hybridized carbons (Fsp3) is 0. The molecule has 1 aromatic heterocycles. The Balaban J connectivity index is 2.53. The third-order valence-electron chi connectivity index (χ3n) is 1.91. The van der Waals surface area contributed by atoms with Gasteiger partial charge >= 0.3 is 0 Å². The molecule has 2 nitrogen and oxygen atoms in total. The molecule has 0 spiro atoms. The second-order valence-electron chi connectivity index (χ2n) is 2.82. The van der Waals surface area contributed by atoms with Crippen LogP contribution in [0.4, 0.5) is 5.82 Å². The van der Waals surface area contributed by atoms with Crippen molar-refractivity contribution in [2.24, 2.45) is 0 Å². The minimum atomic E-state index is 0.707. The average molecular weight is 237 g/mol. The van der Waals surface area contributed by atoms with E-state index in [4.69, 9.17) is 5.73 Å². The minimum Gasteiger partial charge on any atom is -0.385 e. The zero-order chi connectivity index (χ0) is 9.26. The highest BCUT2D eigenvalue weighted by atomic mass is 79.9. The molecule has 1 heterocycles. The zero-order valence-electron chi connectivity index (χ0n) is 6.92. The summed E-state index contributed by atoms with van der Waals surface area (Å²) in [7, 11) is 0. The molecule has 3 heteroatoms. The van der Waals surface area contributed by atoms with Gasteiger partial charge < -0.3 is 10.7 Å². The fourth-order valence-electron chi connectivity index (χ4n) is 1.29. The van der Waals surface area contributed by atoms with Crippen LogP contribution in [-0.2, 0) is 0 Å². The summed E-state index contributed by atoms with van der Waals surface area (Å²) >= 11 is 3.42. The molecule has 0 amide bonds. The van der Waals surface area contributed by atoms with Crippen molar-refractivity contribution >= 4 is 21.7 Å². The van der Waals surface area contributed by atoms with E-state index in [2.05, 4.69) is 20.9 Å². The van der Waals surface area contributed by atoms with Crippen LogP contribution in [0.15, 0.2) is 41.0 Å². The van der Waals surface area contributed by atoms with Gasteiger partial charge in [-0.15, -0.1) is 0 Å². The van der Waals surface area contributed by atoms with Crippen LogP contribution in [0.3, 0.4) is 0 Å². The number of hydrogen-bond acceptors (Lipinski definition) is 1. The molecular weight excluding hydrogens is 228 g/mol. The maximum Gasteiger partial charge on any atom is 0.108 e. The van der Waals surface area contributed by atoms with E-state index in [1.54, 1.807) is 0 Å². The number of nitrogen functional groups attached to an aromatic ring is 1.